The van der Waals surface area contributed by atoms with Crippen LogP contribution in [-0.2, 0) is 0 Å². The molecule has 0 N–H and O–H groups in total. The van der Waals surface area contributed by atoms with E-state index in [0.29, 0.717) is 0 Å². The van der Waals surface area contributed by atoms with Gasteiger partial charge in [-0.05, 0) is 52.0 Å². The van der Waals surface area contributed by atoms with Crippen LogP contribution in [0, 0.1) is 0 Å². The molecule has 0 aromatic heterocycles. The molecule has 0 aliphatic carbocycles. The Morgan fingerprint density at radius 3 is 0.900 bits per heavy atom. The largest absolute Gasteiger partial charge is 0.168 e. The molecule has 40 heavy (non-hydrogen) atoms. The van der Waals surface area contributed by atoms with Crippen LogP contribution in [0.2, 0.25) is 0 Å². The number of hydrogen-bond donors (Lipinski definition) is 8. The lowest BCUT2D eigenvalue weighted by Crippen LogP contribution is -1.97. The fourth-order valence-electron chi connectivity index (χ4n) is 2.90. The van der Waals surface area contributed by atoms with Crippen LogP contribution >= 0.6 is 195 Å². The van der Waals surface area contributed by atoms with Gasteiger partial charge in [0.05, 0.1) is 0 Å². The summed E-state index contributed by atoms with van der Waals surface area (Å²) in [5.74, 6) is 0. The summed E-state index contributed by atoms with van der Waals surface area (Å²) < 4.78 is 0.974. The summed E-state index contributed by atoms with van der Waals surface area (Å²) in [7, 11) is 0. The van der Waals surface area contributed by atoms with Crippen molar-refractivity contribution in [1.29, 1.82) is 0 Å². The Hall–Kier alpha value is 4.04. The molecule has 0 saturated carbocycles. The molecule has 0 amide bonds. The molecule has 2 rings (SSSR count). The van der Waals surface area contributed by atoms with Gasteiger partial charge in [-0.2, -0.15) is 101 Å². The highest BCUT2D eigenvalue weighted by Crippen LogP contribution is 2.49. The Labute approximate surface area is 320 Å². The summed E-state index contributed by atoms with van der Waals surface area (Å²) in [5, 5.41) is 3.13. The third-order valence-electron chi connectivity index (χ3n) is 4.10. The summed E-state index contributed by atoms with van der Waals surface area (Å²) >= 11 is 49.5. The molecule has 2 aromatic carbocycles. The minimum absolute atomic E-state index is 0.234. The van der Waals surface area contributed by atoms with Crippen LogP contribution in [0.1, 0.15) is 27.7 Å². The van der Waals surface area contributed by atoms with Crippen molar-refractivity contribution in [2.24, 2.45) is 0 Å². The average molecular weight is 838 g/mol. The van der Waals surface area contributed by atoms with Crippen LogP contribution in [0.25, 0.3) is 0 Å². The summed E-state index contributed by atoms with van der Waals surface area (Å²) in [6, 6.07) is 8.86. The van der Waals surface area contributed by atoms with Gasteiger partial charge in [0.2, 0.25) is 0 Å². The standard InChI is InChI=1S/C14H22S8.C10H14S8/c1-7(15)19-11-5-6-12(20-8(2)16)14(22-10(4)18)13(11)21-9(3)17;11-3-15-7-1-8(16-4-12)10(18-6-14)2-9(7)17-5-13/h5-10,15-18H,1-4H3;1-2,11-14H,3-6H2. The number of hydrogen-bond acceptors (Lipinski definition) is 16. The van der Waals surface area contributed by atoms with E-state index in [0.717, 1.165) is 20.3 Å². The van der Waals surface area contributed by atoms with E-state index >= 15 is 0 Å². The van der Waals surface area contributed by atoms with Crippen molar-refractivity contribution in [2.45, 2.75) is 85.2 Å². The number of rotatable bonds is 16. The fourth-order valence-corrected chi connectivity index (χ4v) is 12.8. The third-order valence-corrected chi connectivity index (χ3v) is 14.5. The second-order valence-electron chi connectivity index (χ2n) is 7.43. The molecule has 16 heteroatoms. The predicted molar refractivity (Wildman–Crippen MR) is 229 cm³/mol. The first-order chi connectivity index (χ1) is 19.0. The van der Waals surface area contributed by atoms with Gasteiger partial charge in [-0.25, -0.2) is 0 Å². The highest BCUT2D eigenvalue weighted by Gasteiger charge is 2.20. The molecule has 0 spiro atoms. The van der Waals surface area contributed by atoms with Gasteiger partial charge in [0, 0.05) is 77.8 Å². The maximum atomic E-state index is 4.57. The third kappa shape index (κ3) is 16.7. The van der Waals surface area contributed by atoms with Crippen molar-refractivity contribution in [2.75, 3.05) is 20.3 Å². The molecule has 4 atom stereocenters. The van der Waals surface area contributed by atoms with Crippen molar-refractivity contribution in [3.05, 3.63) is 24.3 Å². The van der Waals surface area contributed by atoms with Gasteiger partial charge in [-0.15, -0.1) is 94.1 Å². The zero-order chi connectivity index (χ0) is 30.2. The second kappa shape index (κ2) is 24.2. The van der Waals surface area contributed by atoms with Crippen molar-refractivity contribution in [1.82, 2.24) is 0 Å². The quantitative estimate of drug-likeness (QED) is 0.0473. The van der Waals surface area contributed by atoms with Gasteiger partial charge in [0.25, 0.3) is 0 Å². The van der Waals surface area contributed by atoms with Crippen molar-refractivity contribution in [3.63, 3.8) is 0 Å². The van der Waals surface area contributed by atoms with E-state index in [1.807, 2.05) is 0 Å². The van der Waals surface area contributed by atoms with Gasteiger partial charge >= 0.3 is 0 Å². The molecule has 2 aromatic rings. The Balaban J connectivity index is 0.000000408. The monoisotopic (exact) mass is 836 g/mol. The van der Waals surface area contributed by atoms with E-state index in [2.05, 4.69) is 153 Å². The average Bonchev–Trinajstić information content (AvgIpc) is 2.85. The molecule has 4 unspecified atom stereocenters. The van der Waals surface area contributed by atoms with Gasteiger partial charge in [-0.3, -0.25) is 0 Å². The lowest BCUT2D eigenvalue weighted by Gasteiger charge is -2.21. The Morgan fingerprint density at radius 1 is 0.450 bits per heavy atom. The summed E-state index contributed by atoms with van der Waals surface area (Å²) in [6.07, 6.45) is 0. The second-order valence-corrected chi connectivity index (χ2v) is 24.4. The van der Waals surface area contributed by atoms with Crippen LogP contribution in [-0.4, -0.2) is 38.7 Å². The van der Waals surface area contributed by atoms with Gasteiger partial charge in [0.1, 0.15) is 0 Å². The maximum Gasteiger partial charge on any atom is 0.0492 e. The minimum Gasteiger partial charge on any atom is -0.168 e. The van der Waals surface area contributed by atoms with E-state index in [1.165, 1.54) is 39.2 Å². The molecule has 0 aliphatic rings. The Kier molecular flexibility index (Phi) is 25.5. The highest BCUT2D eigenvalue weighted by atomic mass is 32.2. The Bertz CT molecular complexity index is 886. The van der Waals surface area contributed by atoms with E-state index in [-0.39, 0.29) is 18.3 Å². The molecule has 0 saturated heterocycles. The lowest BCUT2D eigenvalue weighted by molar-refractivity contribution is 1.02. The van der Waals surface area contributed by atoms with E-state index in [1.54, 1.807) is 94.1 Å². The SMILES string of the molecule is CC(S)Sc1ccc(SC(C)S)c(SC(C)S)c1SC(C)S.SCSc1cc(SCS)c(SCS)cc1SCS. The first-order valence-electron chi connectivity index (χ1n) is 11.7. The lowest BCUT2D eigenvalue weighted by atomic mass is 10.3. The zero-order valence-corrected chi connectivity index (χ0v) is 36.0. The van der Waals surface area contributed by atoms with Gasteiger partial charge in [0.15, 0.2) is 0 Å². The summed E-state index contributed by atoms with van der Waals surface area (Å²) in [5.41, 5.74) is 0. The van der Waals surface area contributed by atoms with Gasteiger partial charge < -0.3 is 0 Å². The van der Waals surface area contributed by atoms with Gasteiger partial charge in [-0.1, -0.05) is 0 Å². The molecule has 0 nitrogen and oxygen atoms in total. The van der Waals surface area contributed by atoms with Crippen molar-refractivity contribution in [3.8, 4) is 0 Å². The van der Waals surface area contributed by atoms with E-state index in [4.69, 9.17) is 0 Å². The maximum absolute atomic E-state index is 4.57. The number of thioether (sulfide) groups is 8. The van der Waals surface area contributed by atoms with Crippen molar-refractivity contribution < 1.29 is 0 Å². The first kappa shape index (κ1) is 42.1. The van der Waals surface area contributed by atoms with Crippen LogP contribution in [0.4, 0.5) is 0 Å². The molecular weight excluding hydrogens is 801 g/mol. The molecule has 0 aliphatic heterocycles. The summed E-state index contributed by atoms with van der Waals surface area (Å²) in [4.78, 5) is 10.2. The van der Waals surface area contributed by atoms with Crippen LogP contribution < -0.4 is 0 Å². The predicted octanol–water partition coefficient (Wildman–Crippen LogP) is 12.8. The van der Waals surface area contributed by atoms with E-state index < -0.39 is 0 Å². The summed E-state index contributed by atoms with van der Waals surface area (Å²) in [6.45, 7) is 8.40. The molecule has 0 radical (unpaired) electrons. The number of thiol groups is 8. The molecule has 0 bridgehead atoms. The normalized spacial score (nSPS) is 14.3. The molecule has 0 fully saturated rings. The smallest absolute Gasteiger partial charge is 0.0492 e. The topological polar surface area (TPSA) is 0 Å². The molecule has 228 valence electrons. The minimum atomic E-state index is 0.234. The van der Waals surface area contributed by atoms with Crippen LogP contribution in [0.5, 0.6) is 0 Å². The van der Waals surface area contributed by atoms with Crippen molar-refractivity contribution >= 4 is 195 Å². The highest BCUT2D eigenvalue weighted by molar-refractivity contribution is 8.15. The van der Waals surface area contributed by atoms with Crippen LogP contribution in [0.3, 0.4) is 0 Å². The fraction of sp³-hybridized carbons (Fsp3) is 0.500. The number of benzene rings is 2. The molecular formula is C24H36S16. The van der Waals surface area contributed by atoms with Crippen LogP contribution in [0.15, 0.2) is 63.4 Å². The molecule has 0 heterocycles. The Morgan fingerprint density at radius 2 is 0.700 bits per heavy atom. The zero-order valence-electron chi connectivity index (χ0n) is 22.3. The van der Waals surface area contributed by atoms with E-state index in [9.17, 15) is 0 Å². The first-order valence-corrected chi connectivity index (χ1v) is 23.7.